The van der Waals surface area contributed by atoms with E-state index in [-0.39, 0.29) is 6.03 Å². The predicted octanol–water partition coefficient (Wildman–Crippen LogP) is 4.01. The van der Waals surface area contributed by atoms with Crippen LogP contribution < -0.4 is 15.4 Å². The molecular weight excluding hydrogens is 338 g/mol. The number of hydrogen-bond donors (Lipinski definition) is 2. The van der Waals surface area contributed by atoms with E-state index < -0.39 is 0 Å². The molecule has 2 N–H and O–H groups in total. The Kier molecular flexibility index (Phi) is 7.11. The number of nitrogens with zero attached hydrogens (tertiary/aromatic N) is 1. The lowest BCUT2D eigenvalue weighted by molar-refractivity contribution is 0.188. The topological polar surface area (TPSA) is 53.6 Å². The largest absolute Gasteiger partial charge is 0.457 e. The van der Waals surface area contributed by atoms with Crippen molar-refractivity contribution >= 4 is 6.03 Å². The number of amides is 2. The summed E-state index contributed by atoms with van der Waals surface area (Å²) in [5.74, 6) is 2.12. The molecule has 144 valence electrons. The Morgan fingerprint density at radius 2 is 1.74 bits per heavy atom. The average Bonchev–Trinajstić information content (AvgIpc) is 2.73. The van der Waals surface area contributed by atoms with Crippen molar-refractivity contribution in [3.63, 3.8) is 0 Å². The molecule has 1 aliphatic heterocycles. The molecule has 1 saturated heterocycles. The second-order valence-electron chi connectivity index (χ2n) is 6.96. The first kappa shape index (κ1) is 19.2. The number of likely N-dealkylation sites (tertiary alicyclic amines) is 1. The zero-order chi connectivity index (χ0) is 18.9. The first-order chi connectivity index (χ1) is 13.2. The Bertz CT molecular complexity index is 713. The number of rotatable bonds is 7. The number of piperidine rings is 1. The Hall–Kier alpha value is -2.53. The van der Waals surface area contributed by atoms with Gasteiger partial charge in [0.25, 0.3) is 0 Å². The molecule has 1 fully saturated rings. The van der Waals surface area contributed by atoms with Crippen molar-refractivity contribution in [1.29, 1.82) is 0 Å². The fourth-order valence-electron chi connectivity index (χ4n) is 3.35. The molecule has 0 radical (unpaired) electrons. The maximum Gasteiger partial charge on any atom is 0.315 e. The van der Waals surface area contributed by atoms with Crippen LogP contribution in [0.15, 0.2) is 54.6 Å². The van der Waals surface area contributed by atoms with Crippen LogP contribution in [0.25, 0.3) is 0 Å². The van der Waals surface area contributed by atoms with Gasteiger partial charge in [-0.05, 0) is 56.6 Å². The molecular formula is C22H29N3O2. The fourth-order valence-corrected chi connectivity index (χ4v) is 3.35. The Morgan fingerprint density at radius 1 is 1.04 bits per heavy atom. The first-order valence-electron chi connectivity index (χ1n) is 9.79. The van der Waals surface area contributed by atoms with Crippen LogP contribution in [-0.2, 0) is 6.54 Å². The highest BCUT2D eigenvalue weighted by molar-refractivity contribution is 5.73. The van der Waals surface area contributed by atoms with Gasteiger partial charge in [-0.3, -0.25) is 0 Å². The van der Waals surface area contributed by atoms with Gasteiger partial charge in [0, 0.05) is 18.7 Å². The summed E-state index contributed by atoms with van der Waals surface area (Å²) >= 11 is 0. The van der Waals surface area contributed by atoms with E-state index in [1.807, 2.05) is 54.6 Å². The van der Waals surface area contributed by atoms with Gasteiger partial charge < -0.3 is 20.3 Å². The smallest absolute Gasteiger partial charge is 0.315 e. The third-order valence-corrected chi connectivity index (χ3v) is 5.09. The molecule has 2 amide bonds. The molecule has 1 aliphatic rings. The zero-order valence-electron chi connectivity index (χ0n) is 16.0. The number of para-hydroxylation sites is 2. The number of urea groups is 1. The Labute approximate surface area is 161 Å². The fraction of sp³-hybridized carbons (Fsp3) is 0.409. The molecule has 0 saturated carbocycles. The summed E-state index contributed by atoms with van der Waals surface area (Å²) in [6, 6.07) is 17.3. The number of carbonyl (C=O) groups excluding carboxylic acids is 1. The monoisotopic (exact) mass is 367 g/mol. The minimum Gasteiger partial charge on any atom is -0.457 e. The van der Waals surface area contributed by atoms with Gasteiger partial charge in [0.05, 0.1) is 0 Å². The molecule has 1 heterocycles. The van der Waals surface area contributed by atoms with E-state index in [0.717, 1.165) is 56.1 Å². The number of hydrogen-bond acceptors (Lipinski definition) is 3. The summed E-state index contributed by atoms with van der Waals surface area (Å²) in [7, 11) is 0. The third-order valence-electron chi connectivity index (χ3n) is 5.09. The van der Waals surface area contributed by atoms with E-state index >= 15 is 0 Å². The molecule has 5 heteroatoms. The van der Waals surface area contributed by atoms with E-state index in [4.69, 9.17) is 4.74 Å². The summed E-state index contributed by atoms with van der Waals surface area (Å²) < 4.78 is 5.94. The highest BCUT2D eigenvalue weighted by atomic mass is 16.5. The van der Waals surface area contributed by atoms with E-state index in [1.165, 1.54) is 0 Å². The molecule has 27 heavy (non-hydrogen) atoms. The van der Waals surface area contributed by atoms with Gasteiger partial charge in [-0.15, -0.1) is 0 Å². The van der Waals surface area contributed by atoms with Crippen LogP contribution in [0.1, 0.15) is 25.3 Å². The number of carbonyl (C=O) groups is 1. The number of ether oxygens (including phenoxy) is 1. The SMILES string of the molecule is CCN1CCC(CNC(=O)NCc2ccccc2Oc2ccccc2)CC1. The van der Waals surface area contributed by atoms with Gasteiger partial charge in [-0.1, -0.05) is 43.3 Å². The van der Waals surface area contributed by atoms with Crippen molar-refractivity contribution < 1.29 is 9.53 Å². The standard InChI is InChI=1S/C22H29N3O2/c1-2-25-14-12-18(13-15-25)16-23-22(26)24-17-19-8-6-7-11-21(19)27-20-9-4-3-5-10-20/h3-11,18H,2,12-17H2,1H3,(H2,23,24,26). The molecule has 0 unspecified atom stereocenters. The van der Waals surface area contributed by atoms with E-state index in [2.05, 4.69) is 22.5 Å². The number of benzene rings is 2. The summed E-state index contributed by atoms with van der Waals surface area (Å²) in [6.07, 6.45) is 2.31. The molecule has 0 aromatic heterocycles. The summed E-state index contributed by atoms with van der Waals surface area (Å²) in [6.45, 7) is 6.76. The molecule has 0 bridgehead atoms. The second-order valence-corrected chi connectivity index (χ2v) is 6.96. The van der Waals surface area contributed by atoms with Crippen LogP contribution in [0.5, 0.6) is 11.5 Å². The zero-order valence-corrected chi connectivity index (χ0v) is 16.0. The van der Waals surface area contributed by atoms with Gasteiger partial charge in [-0.2, -0.15) is 0 Å². The quantitative estimate of drug-likeness (QED) is 0.777. The van der Waals surface area contributed by atoms with Gasteiger partial charge in [0.1, 0.15) is 11.5 Å². The number of nitrogens with one attached hydrogen (secondary N) is 2. The molecule has 0 spiro atoms. The lowest BCUT2D eigenvalue weighted by Crippen LogP contribution is -2.41. The normalized spacial score (nSPS) is 15.3. The van der Waals surface area contributed by atoms with Gasteiger partial charge in [-0.25, -0.2) is 4.79 Å². The average molecular weight is 367 g/mol. The molecule has 2 aromatic carbocycles. The van der Waals surface area contributed by atoms with E-state index in [0.29, 0.717) is 12.5 Å². The van der Waals surface area contributed by atoms with Crippen LogP contribution >= 0.6 is 0 Å². The minimum atomic E-state index is -0.123. The molecule has 2 aromatic rings. The van der Waals surface area contributed by atoms with Gasteiger partial charge in [0.15, 0.2) is 0 Å². The van der Waals surface area contributed by atoms with Crippen molar-refractivity contribution in [2.45, 2.75) is 26.3 Å². The molecule has 3 rings (SSSR count). The van der Waals surface area contributed by atoms with Crippen LogP contribution in [0.2, 0.25) is 0 Å². The van der Waals surface area contributed by atoms with E-state index in [9.17, 15) is 4.79 Å². The maximum atomic E-state index is 12.2. The van der Waals surface area contributed by atoms with Crippen molar-refractivity contribution in [3.8, 4) is 11.5 Å². The van der Waals surface area contributed by atoms with Gasteiger partial charge >= 0.3 is 6.03 Å². The Balaban J connectivity index is 1.45. The van der Waals surface area contributed by atoms with Crippen LogP contribution in [0, 0.1) is 5.92 Å². The van der Waals surface area contributed by atoms with Crippen molar-refractivity contribution in [1.82, 2.24) is 15.5 Å². The van der Waals surface area contributed by atoms with Crippen LogP contribution in [0.3, 0.4) is 0 Å². The summed E-state index contributed by atoms with van der Waals surface area (Å²) in [4.78, 5) is 14.6. The molecule has 0 atom stereocenters. The molecule has 5 nitrogen and oxygen atoms in total. The van der Waals surface area contributed by atoms with Crippen LogP contribution in [0.4, 0.5) is 4.79 Å². The Morgan fingerprint density at radius 3 is 2.48 bits per heavy atom. The second kappa shape index (κ2) is 9.97. The summed E-state index contributed by atoms with van der Waals surface area (Å²) in [5, 5.41) is 5.96. The van der Waals surface area contributed by atoms with E-state index in [1.54, 1.807) is 0 Å². The minimum absolute atomic E-state index is 0.123. The maximum absolute atomic E-state index is 12.2. The van der Waals surface area contributed by atoms with Crippen molar-refractivity contribution in [3.05, 3.63) is 60.2 Å². The first-order valence-corrected chi connectivity index (χ1v) is 9.79. The highest BCUT2D eigenvalue weighted by Gasteiger charge is 2.18. The molecule has 0 aliphatic carbocycles. The third kappa shape index (κ3) is 6.00. The van der Waals surface area contributed by atoms with Gasteiger partial charge in [0.2, 0.25) is 0 Å². The van der Waals surface area contributed by atoms with Crippen molar-refractivity contribution in [2.75, 3.05) is 26.2 Å². The lowest BCUT2D eigenvalue weighted by Gasteiger charge is -2.31. The van der Waals surface area contributed by atoms with Crippen LogP contribution in [-0.4, -0.2) is 37.1 Å². The summed E-state index contributed by atoms with van der Waals surface area (Å²) in [5.41, 5.74) is 0.952. The highest BCUT2D eigenvalue weighted by Crippen LogP contribution is 2.24. The lowest BCUT2D eigenvalue weighted by atomic mass is 9.97. The predicted molar refractivity (Wildman–Crippen MR) is 108 cm³/mol. The van der Waals surface area contributed by atoms with Crippen molar-refractivity contribution in [2.24, 2.45) is 5.92 Å².